The van der Waals surface area contributed by atoms with Crippen molar-refractivity contribution in [3.63, 3.8) is 0 Å². The van der Waals surface area contributed by atoms with Gasteiger partial charge in [0, 0.05) is 29.3 Å². The third-order valence-corrected chi connectivity index (χ3v) is 8.74. The Hall–Kier alpha value is -3.96. The van der Waals surface area contributed by atoms with Crippen molar-refractivity contribution in [2.45, 2.75) is 44.7 Å². The van der Waals surface area contributed by atoms with Gasteiger partial charge in [0.1, 0.15) is 11.3 Å². The first-order valence-corrected chi connectivity index (χ1v) is 13.7. The molecular formula is C34H34N2O3. The number of ketones is 1. The lowest BCUT2D eigenvalue weighted by Gasteiger charge is -2.36. The van der Waals surface area contributed by atoms with Gasteiger partial charge in [-0.15, -0.1) is 0 Å². The van der Waals surface area contributed by atoms with Crippen molar-refractivity contribution in [1.29, 1.82) is 0 Å². The SMILES string of the molecule is Cc1ccccc1CN1C(=O)[C@]2(c3ccccc31)[C@@H](C(=O)c1ccc(C(C)C)cc1)[C@H](c1ccco1)CN2C. The molecule has 5 heteroatoms. The van der Waals surface area contributed by atoms with Crippen molar-refractivity contribution >= 4 is 17.4 Å². The van der Waals surface area contributed by atoms with Gasteiger partial charge >= 0.3 is 0 Å². The molecule has 5 nitrogen and oxygen atoms in total. The molecule has 3 aromatic carbocycles. The van der Waals surface area contributed by atoms with Crippen LogP contribution in [-0.2, 0) is 16.9 Å². The summed E-state index contributed by atoms with van der Waals surface area (Å²) in [5.41, 5.74) is 4.65. The minimum absolute atomic E-state index is 0.0306. The highest BCUT2D eigenvalue weighted by Gasteiger charge is 2.66. The highest BCUT2D eigenvalue weighted by Crippen LogP contribution is 2.57. The Labute approximate surface area is 230 Å². The molecule has 198 valence electrons. The zero-order valence-corrected chi connectivity index (χ0v) is 22.9. The molecule has 1 saturated heterocycles. The van der Waals surface area contributed by atoms with E-state index in [1.165, 1.54) is 5.56 Å². The van der Waals surface area contributed by atoms with Crippen LogP contribution in [0.15, 0.2) is 95.6 Å². The second kappa shape index (κ2) is 9.65. The molecule has 0 N–H and O–H groups in total. The summed E-state index contributed by atoms with van der Waals surface area (Å²) < 4.78 is 5.89. The number of aryl methyl sites for hydroxylation is 1. The Bertz CT molecular complexity index is 1520. The Kier molecular flexibility index (Phi) is 6.27. The smallest absolute Gasteiger partial charge is 0.253 e. The number of likely N-dealkylation sites (N-methyl/N-ethyl adjacent to an activating group) is 1. The maximum Gasteiger partial charge on any atom is 0.253 e. The number of rotatable bonds is 6. The summed E-state index contributed by atoms with van der Waals surface area (Å²) in [5, 5.41) is 0. The van der Waals surface area contributed by atoms with E-state index in [-0.39, 0.29) is 17.6 Å². The van der Waals surface area contributed by atoms with E-state index in [1.54, 1.807) is 6.26 Å². The van der Waals surface area contributed by atoms with E-state index in [9.17, 15) is 9.59 Å². The van der Waals surface area contributed by atoms with Crippen LogP contribution >= 0.6 is 0 Å². The van der Waals surface area contributed by atoms with Crippen LogP contribution in [0.4, 0.5) is 5.69 Å². The zero-order valence-electron chi connectivity index (χ0n) is 22.9. The van der Waals surface area contributed by atoms with E-state index in [0.29, 0.717) is 24.6 Å². The van der Waals surface area contributed by atoms with Crippen LogP contribution in [0.3, 0.4) is 0 Å². The molecule has 39 heavy (non-hydrogen) atoms. The summed E-state index contributed by atoms with van der Waals surface area (Å²) in [7, 11) is 1.97. The average molecular weight is 519 g/mol. The quantitative estimate of drug-likeness (QED) is 0.267. The van der Waals surface area contributed by atoms with E-state index in [0.717, 1.165) is 28.1 Å². The van der Waals surface area contributed by atoms with Crippen molar-refractivity contribution < 1.29 is 14.0 Å². The lowest BCUT2D eigenvalue weighted by atomic mass is 9.71. The highest BCUT2D eigenvalue weighted by atomic mass is 16.3. The maximum absolute atomic E-state index is 14.8. The van der Waals surface area contributed by atoms with Crippen LogP contribution in [-0.4, -0.2) is 30.2 Å². The topological polar surface area (TPSA) is 53.8 Å². The first-order chi connectivity index (χ1) is 18.8. The molecule has 1 fully saturated rings. The molecule has 3 heterocycles. The maximum atomic E-state index is 14.8. The third-order valence-electron chi connectivity index (χ3n) is 8.74. The minimum atomic E-state index is -1.13. The molecule has 3 atom stereocenters. The predicted molar refractivity (Wildman–Crippen MR) is 153 cm³/mol. The van der Waals surface area contributed by atoms with Crippen molar-refractivity contribution in [2.24, 2.45) is 5.92 Å². The fourth-order valence-electron chi connectivity index (χ4n) is 6.66. The van der Waals surface area contributed by atoms with E-state index >= 15 is 0 Å². The summed E-state index contributed by atoms with van der Waals surface area (Å²) in [4.78, 5) is 33.4. The van der Waals surface area contributed by atoms with E-state index < -0.39 is 11.5 Å². The normalized spacial score (nSPS) is 22.7. The molecule has 1 spiro atoms. The van der Waals surface area contributed by atoms with Gasteiger partial charge in [0.25, 0.3) is 5.91 Å². The van der Waals surface area contributed by atoms with Crippen molar-refractivity contribution in [1.82, 2.24) is 4.90 Å². The van der Waals surface area contributed by atoms with Gasteiger partial charge in [0.15, 0.2) is 5.78 Å². The van der Waals surface area contributed by atoms with Crippen LogP contribution in [0.1, 0.15) is 64.1 Å². The number of benzene rings is 3. The van der Waals surface area contributed by atoms with Gasteiger partial charge in [-0.2, -0.15) is 0 Å². The van der Waals surface area contributed by atoms with Crippen LogP contribution in [0.5, 0.6) is 0 Å². The fourth-order valence-corrected chi connectivity index (χ4v) is 6.66. The van der Waals surface area contributed by atoms with Crippen molar-refractivity contribution in [3.8, 4) is 0 Å². The number of Topliss-reactive ketones (excluding diaryl/α,β-unsaturated/α-hetero) is 1. The van der Waals surface area contributed by atoms with Crippen LogP contribution in [0.2, 0.25) is 0 Å². The lowest BCUT2D eigenvalue weighted by molar-refractivity contribution is -0.129. The first kappa shape index (κ1) is 25.3. The molecule has 1 aromatic heterocycles. The molecule has 4 aromatic rings. The van der Waals surface area contributed by atoms with E-state index in [4.69, 9.17) is 4.42 Å². The van der Waals surface area contributed by atoms with Crippen LogP contribution in [0.25, 0.3) is 0 Å². The molecule has 0 aliphatic carbocycles. The summed E-state index contributed by atoms with van der Waals surface area (Å²) in [5.74, 6) is 0.107. The second-order valence-electron chi connectivity index (χ2n) is 11.2. The first-order valence-electron chi connectivity index (χ1n) is 13.7. The summed E-state index contributed by atoms with van der Waals surface area (Å²) in [6, 6.07) is 27.8. The van der Waals surface area contributed by atoms with Gasteiger partial charge in [0.2, 0.25) is 0 Å². The molecule has 0 radical (unpaired) electrons. The number of anilines is 1. The van der Waals surface area contributed by atoms with E-state index in [2.05, 4.69) is 37.8 Å². The highest BCUT2D eigenvalue weighted by molar-refractivity contribution is 6.13. The Morgan fingerprint density at radius 3 is 2.38 bits per heavy atom. The zero-order chi connectivity index (χ0) is 27.3. The number of hydrogen-bond donors (Lipinski definition) is 0. The van der Waals surface area contributed by atoms with Gasteiger partial charge in [-0.25, -0.2) is 0 Å². The summed E-state index contributed by atoms with van der Waals surface area (Å²) in [6.45, 7) is 7.34. The largest absolute Gasteiger partial charge is 0.469 e. The fraction of sp³-hybridized carbons (Fsp3) is 0.294. The Balaban J connectivity index is 1.51. The number of furan rings is 1. The number of amides is 1. The van der Waals surface area contributed by atoms with E-state index in [1.807, 2.05) is 84.7 Å². The van der Waals surface area contributed by atoms with Gasteiger partial charge < -0.3 is 9.32 Å². The van der Waals surface area contributed by atoms with Gasteiger partial charge in [-0.05, 0) is 54.8 Å². The third kappa shape index (κ3) is 3.87. The number of likely N-dealkylation sites (tertiary alicyclic amines) is 1. The number of hydrogen-bond acceptors (Lipinski definition) is 4. The minimum Gasteiger partial charge on any atom is -0.469 e. The van der Waals surface area contributed by atoms with Crippen LogP contribution in [0, 0.1) is 12.8 Å². The van der Waals surface area contributed by atoms with Gasteiger partial charge in [-0.1, -0.05) is 80.6 Å². The number of fused-ring (bicyclic) bond motifs is 2. The second-order valence-corrected chi connectivity index (χ2v) is 11.2. The molecule has 2 aliphatic rings. The molecule has 0 saturated carbocycles. The van der Waals surface area contributed by atoms with Gasteiger partial charge in [-0.3, -0.25) is 14.5 Å². The summed E-state index contributed by atoms with van der Waals surface area (Å²) >= 11 is 0. The number of nitrogens with zero attached hydrogens (tertiary/aromatic N) is 2. The van der Waals surface area contributed by atoms with Crippen LogP contribution < -0.4 is 4.90 Å². The predicted octanol–water partition coefficient (Wildman–Crippen LogP) is 6.68. The number of para-hydroxylation sites is 1. The average Bonchev–Trinajstić information content (AvgIpc) is 3.64. The van der Waals surface area contributed by atoms with Gasteiger partial charge in [0.05, 0.1) is 18.7 Å². The molecule has 1 amide bonds. The Morgan fingerprint density at radius 1 is 0.974 bits per heavy atom. The van der Waals surface area contributed by atoms with Crippen molar-refractivity contribution in [2.75, 3.05) is 18.5 Å². The molecule has 0 bridgehead atoms. The molecule has 6 rings (SSSR count). The molecular weight excluding hydrogens is 484 g/mol. The molecule has 0 unspecified atom stereocenters. The number of carbonyl (C=O) groups excluding carboxylic acids is 2. The standard InChI is InChI=1S/C34H34N2O3/c1-22(2)24-15-17-25(18-16-24)32(37)31-27(30-14-9-19-39-30)21-35(4)34(31)28-12-7-8-13-29(28)36(33(34)38)20-26-11-6-5-10-23(26)3/h5-19,22,27,31H,20-21H2,1-4H3/t27-,31+,34-/m0/s1. The monoisotopic (exact) mass is 518 g/mol. The molecule has 2 aliphatic heterocycles. The number of carbonyl (C=O) groups is 2. The lowest BCUT2D eigenvalue weighted by Crippen LogP contribution is -2.53. The summed E-state index contributed by atoms with van der Waals surface area (Å²) in [6.07, 6.45) is 1.65. The Morgan fingerprint density at radius 2 is 1.69 bits per heavy atom. The van der Waals surface area contributed by atoms with Crippen molar-refractivity contribution in [3.05, 3.63) is 125 Å².